The Morgan fingerprint density at radius 1 is 1.21 bits per heavy atom. The molecule has 0 aliphatic rings. The molecule has 146 valence electrons. The maximum Gasteiger partial charge on any atom is 0.234 e. The van der Waals surface area contributed by atoms with E-state index in [1.165, 1.54) is 23.9 Å². The zero-order valence-electron chi connectivity index (χ0n) is 15.4. The van der Waals surface area contributed by atoms with E-state index in [9.17, 15) is 9.18 Å². The van der Waals surface area contributed by atoms with Gasteiger partial charge < -0.3 is 5.32 Å². The van der Waals surface area contributed by atoms with Crippen LogP contribution in [0, 0.1) is 12.7 Å². The molecule has 1 amide bonds. The second kappa shape index (κ2) is 8.23. The van der Waals surface area contributed by atoms with Crippen LogP contribution in [0.25, 0.3) is 16.8 Å². The molecule has 0 spiro atoms. The summed E-state index contributed by atoms with van der Waals surface area (Å²) in [5.41, 5.74) is 3.66. The number of carbonyl (C=O) groups is 1. The van der Waals surface area contributed by atoms with Gasteiger partial charge in [0.2, 0.25) is 5.91 Å². The van der Waals surface area contributed by atoms with Gasteiger partial charge in [0.05, 0.1) is 22.7 Å². The smallest absolute Gasteiger partial charge is 0.234 e. The van der Waals surface area contributed by atoms with Gasteiger partial charge in [0.1, 0.15) is 10.8 Å². The lowest BCUT2D eigenvalue weighted by atomic mass is 10.1. The van der Waals surface area contributed by atoms with Gasteiger partial charge in [0, 0.05) is 11.3 Å². The van der Waals surface area contributed by atoms with Gasteiger partial charge in [0.25, 0.3) is 0 Å². The van der Waals surface area contributed by atoms with Crippen molar-refractivity contribution >= 4 is 40.6 Å². The predicted octanol–water partition coefficient (Wildman–Crippen LogP) is 5.23. The first-order valence-corrected chi connectivity index (χ1v) is 10.2. The molecular weight excluding hydrogens is 411 g/mol. The Kier molecular flexibility index (Phi) is 5.51. The third-order valence-corrected chi connectivity index (χ3v) is 5.54. The van der Waals surface area contributed by atoms with E-state index >= 15 is 0 Å². The Labute approximate surface area is 175 Å². The number of para-hydroxylation sites is 1. The zero-order chi connectivity index (χ0) is 20.4. The van der Waals surface area contributed by atoms with Crippen LogP contribution in [0.3, 0.4) is 0 Å². The predicted molar refractivity (Wildman–Crippen MR) is 114 cm³/mol. The van der Waals surface area contributed by atoms with Crippen molar-refractivity contribution in [3.05, 3.63) is 77.3 Å². The van der Waals surface area contributed by atoms with E-state index in [1.54, 1.807) is 41.0 Å². The number of nitrogens with zero attached hydrogens (tertiary/aromatic N) is 3. The van der Waals surface area contributed by atoms with E-state index in [0.717, 1.165) is 21.8 Å². The third-order valence-electron chi connectivity index (χ3n) is 4.22. The molecular formula is C21H16ClFN4OS. The highest BCUT2D eigenvalue weighted by atomic mass is 35.5. The molecule has 0 bridgehead atoms. The Bertz CT molecular complexity index is 1190. The molecule has 29 heavy (non-hydrogen) atoms. The van der Waals surface area contributed by atoms with Gasteiger partial charge in [-0.15, -0.1) is 0 Å². The van der Waals surface area contributed by atoms with Gasteiger partial charge in [-0.05, 0) is 42.8 Å². The molecule has 4 rings (SSSR count). The van der Waals surface area contributed by atoms with E-state index in [-0.39, 0.29) is 17.5 Å². The fourth-order valence-corrected chi connectivity index (χ4v) is 3.92. The maximum atomic E-state index is 13.2. The Morgan fingerprint density at radius 3 is 2.72 bits per heavy atom. The minimum Gasteiger partial charge on any atom is -0.324 e. The molecule has 2 aromatic heterocycles. The van der Waals surface area contributed by atoms with Crippen LogP contribution in [0.5, 0.6) is 0 Å². The van der Waals surface area contributed by atoms with Crippen molar-refractivity contribution < 1.29 is 9.18 Å². The molecule has 1 N–H and O–H groups in total. The van der Waals surface area contributed by atoms with Crippen molar-refractivity contribution in [2.24, 2.45) is 0 Å². The van der Waals surface area contributed by atoms with Crippen molar-refractivity contribution in [2.75, 3.05) is 11.1 Å². The molecule has 0 saturated carbocycles. The zero-order valence-corrected chi connectivity index (χ0v) is 17.0. The summed E-state index contributed by atoms with van der Waals surface area (Å²) in [6, 6.07) is 15.2. The van der Waals surface area contributed by atoms with Crippen molar-refractivity contribution in [3.63, 3.8) is 0 Å². The quantitative estimate of drug-likeness (QED) is 0.350. The number of thioether (sulfide) groups is 1. The summed E-state index contributed by atoms with van der Waals surface area (Å²) < 4.78 is 14.9. The summed E-state index contributed by atoms with van der Waals surface area (Å²) in [6.45, 7) is 1.88. The van der Waals surface area contributed by atoms with Gasteiger partial charge in [-0.2, -0.15) is 5.10 Å². The van der Waals surface area contributed by atoms with Crippen molar-refractivity contribution in [1.29, 1.82) is 0 Å². The Morgan fingerprint density at radius 2 is 1.97 bits per heavy atom. The Balaban J connectivity index is 1.57. The molecule has 0 saturated heterocycles. The molecule has 0 aliphatic carbocycles. The summed E-state index contributed by atoms with van der Waals surface area (Å²) in [5, 5.41) is 8.51. The summed E-state index contributed by atoms with van der Waals surface area (Å²) in [6.07, 6.45) is 1.70. The number of halogens is 2. The molecule has 4 aromatic rings. The van der Waals surface area contributed by atoms with Crippen LogP contribution in [-0.2, 0) is 4.79 Å². The minimum atomic E-state index is -0.296. The fourth-order valence-electron chi connectivity index (χ4n) is 2.87. The second-order valence-corrected chi connectivity index (χ2v) is 7.76. The van der Waals surface area contributed by atoms with Gasteiger partial charge in [0.15, 0.2) is 5.65 Å². The molecule has 0 atom stereocenters. The molecule has 2 heterocycles. The van der Waals surface area contributed by atoms with Gasteiger partial charge in [-0.1, -0.05) is 47.6 Å². The Hall–Kier alpha value is -2.90. The number of aryl methyl sites for hydroxylation is 1. The van der Waals surface area contributed by atoms with Crippen LogP contribution in [0.1, 0.15) is 5.69 Å². The van der Waals surface area contributed by atoms with Crippen LogP contribution in [0.15, 0.2) is 65.8 Å². The molecule has 8 heteroatoms. The topological polar surface area (TPSA) is 59.3 Å². The summed E-state index contributed by atoms with van der Waals surface area (Å²) in [7, 11) is 0. The lowest BCUT2D eigenvalue weighted by Gasteiger charge is -2.08. The normalized spacial score (nSPS) is 11.0. The largest absolute Gasteiger partial charge is 0.324 e. The molecule has 2 aromatic carbocycles. The van der Waals surface area contributed by atoms with E-state index in [2.05, 4.69) is 15.4 Å². The van der Waals surface area contributed by atoms with Gasteiger partial charge >= 0.3 is 0 Å². The number of carbonyl (C=O) groups excluding carboxylic acids is 1. The van der Waals surface area contributed by atoms with E-state index in [1.807, 2.05) is 19.1 Å². The summed E-state index contributed by atoms with van der Waals surface area (Å²) >= 11 is 7.44. The molecule has 0 fully saturated rings. The lowest BCUT2D eigenvalue weighted by molar-refractivity contribution is -0.113. The first-order valence-electron chi connectivity index (χ1n) is 8.80. The van der Waals surface area contributed by atoms with Crippen LogP contribution >= 0.6 is 23.4 Å². The standard InChI is InChI=1S/C21H16ClFN4OS/c1-13-10-20(29-12-19(28)26-18-5-3-2-4-17(18)22)27-21(25-13)16(11-24-27)14-6-8-15(23)9-7-14/h2-11H,12H2,1H3,(H,26,28). The molecule has 5 nitrogen and oxygen atoms in total. The first-order chi connectivity index (χ1) is 14.0. The highest BCUT2D eigenvalue weighted by Crippen LogP contribution is 2.28. The second-order valence-electron chi connectivity index (χ2n) is 6.35. The average Bonchev–Trinajstić information content (AvgIpc) is 3.12. The van der Waals surface area contributed by atoms with Crippen LogP contribution in [0.2, 0.25) is 5.02 Å². The minimum absolute atomic E-state index is 0.170. The number of aromatic nitrogens is 3. The summed E-state index contributed by atoms with van der Waals surface area (Å²) in [5.74, 6) is -0.276. The van der Waals surface area contributed by atoms with Gasteiger partial charge in [-0.25, -0.2) is 13.9 Å². The highest BCUT2D eigenvalue weighted by Gasteiger charge is 2.14. The molecule has 0 radical (unpaired) electrons. The van der Waals surface area contributed by atoms with Crippen molar-refractivity contribution in [3.8, 4) is 11.1 Å². The number of fused-ring (bicyclic) bond motifs is 1. The fraction of sp³-hybridized carbons (Fsp3) is 0.0952. The number of hydrogen-bond donors (Lipinski definition) is 1. The maximum absolute atomic E-state index is 13.2. The number of amides is 1. The van der Waals surface area contributed by atoms with Crippen LogP contribution in [-0.4, -0.2) is 26.3 Å². The monoisotopic (exact) mass is 426 g/mol. The van der Waals surface area contributed by atoms with E-state index in [0.29, 0.717) is 16.4 Å². The number of anilines is 1. The van der Waals surface area contributed by atoms with Gasteiger partial charge in [-0.3, -0.25) is 4.79 Å². The molecule has 0 aliphatic heterocycles. The highest BCUT2D eigenvalue weighted by molar-refractivity contribution is 7.99. The first kappa shape index (κ1) is 19.4. The third kappa shape index (κ3) is 4.26. The number of benzene rings is 2. The lowest BCUT2D eigenvalue weighted by Crippen LogP contribution is -2.14. The van der Waals surface area contributed by atoms with Crippen molar-refractivity contribution in [2.45, 2.75) is 11.9 Å². The van der Waals surface area contributed by atoms with Crippen molar-refractivity contribution in [1.82, 2.24) is 14.6 Å². The van der Waals surface area contributed by atoms with Crippen LogP contribution < -0.4 is 5.32 Å². The average molecular weight is 427 g/mol. The van der Waals surface area contributed by atoms with E-state index < -0.39 is 0 Å². The number of nitrogens with one attached hydrogen (secondary N) is 1. The summed E-state index contributed by atoms with van der Waals surface area (Å²) in [4.78, 5) is 16.9. The number of rotatable bonds is 5. The number of hydrogen-bond acceptors (Lipinski definition) is 4. The SMILES string of the molecule is Cc1cc(SCC(=O)Nc2ccccc2Cl)n2ncc(-c3ccc(F)cc3)c2n1. The van der Waals surface area contributed by atoms with E-state index in [4.69, 9.17) is 11.6 Å². The van der Waals surface area contributed by atoms with Crippen LogP contribution in [0.4, 0.5) is 10.1 Å². The molecule has 0 unspecified atom stereocenters.